The zero-order valence-electron chi connectivity index (χ0n) is 16.9. The van der Waals surface area contributed by atoms with Gasteiger partial charge in [0.15, 0.2) is 11.4 Å². The number of methoxy groups -OCH3 is 1. The first-order valence-electron chi connectivity index (χ1n) is 9.93. The Morgan fingerprint density at radius 1 is 1.10 bits per heavy atom. The number of pyridine rings is 1. The quantitative estimate of drug-likeness (QED) is 0.434. The van der Waals surface area contributed by atoms with Gasteiger partial charge in [0.1, 0.15) is 17.4 Å². The maximum absolute atomic E-state index is 6.09. The van der Waals surface area contributed by atoms with Gasteiger partial charge in [-0.15, -0.1) is 5.10 Å². The molecule has 0 aliphatic rings. The van der Waals surface area contributed by atoms with Gasteiger partial charge in [0.2, 0.25) is 11.8 Å². The van der Waals surface area contributed by atoms with E-state index in [0.29, 0.717) is 47.4 Å². The molecule has 2 N–H and O–H groups in total. The van der Waals surface area contributed by atoms with Crippen LogP contribution in [0, 0.1) is 0 Å². The van der Waals surface area contributed by atoms with Crippen LogP contribution in [-0.4, -0.2) is 39.3 Å². The van der Waals surface area contributed by atoms with Crippen LogP contribution in [-0.2, 0) is 6.42 Å². The molecule has 1 unspecified atom stereocenters. The molecule has 0 bridgehead atoms. The molecule has 8 heteroatoms. The second-order valence-electron chi connectivity index (χ2n) is 7.09. The van der Waals surface area contributed by atoms with Crippen molar-refractivity contribution in [3.05, 3.63) is 72.6 Å². The van der Waals surface area contributed by atoms with E-state index in [9.17, 15) is 0 Å². The van der Waals surface area contributed by atoms with E-state index >= 15 is 0 Å². The molecular weight excluding hydrogens is 394 g/mol. The fraction of sp³-hybridized carbons (Fsp3) is 0.174. The second-order valence-corrected chi connectivity index (χ2v) is 7.09. The smallest absolute Gasteiger partial charge is 0.232 e. The summed E-state index contributed by atoms with van der Waals surface area (Å²) in [6.07, 6.45) is 3.87. The van der Waals surface area contributed by atoms with Crippen molar-refractivity contribution in [2.75, 3.05) is 13.7 Å². The molecule has 0 aliphatic carbocycles. The maximum atomic E-state index is 6.09. The molecule has 0 amide bonds. The number of nitrogens with zero attached hydrogens (tertiary/aromatic N) is 4. The number of nitrogens with two attached hydrogens (primary N) is 1. The van der Waals surface area contributed by atoms with Crippen molar-refractivity contribution in [2.45, 2.75) is 12.5 Å². The molecule has 31 heavy (non-hydrogen) atoms. The summed E-state index contributed by atoms with van der Waals surface area (Å²) < 4.78 is 19.1. The lowest BCUT2D eigenvalue weighted by Crippen LogP contribution is -2.29. The van der Waals surface area contributed by atoms with Gasteiger partial charge in [-0.2, -0.15) is 0 Å². The van der Waals surface area contributed by atoms with Crippen LogP contribution in [0.5, 0.6) is 11.8 Å². The van der Waals surface area contributed by atoms with Crippen LogP contribution in [0.15, 0.2) is 71.4 Å². The van der Waals surface area contributed by atoms with E-state index in [1.807, 2.05) is 30.3 Å². The topological polar surface area (TPSA) is 101 Å². The first-order chi connectivity index (χ1) is 15.2. The maximum Gasteiger partial charge on any atom is 0.232 e. The van der Waals surface area contributed by atoms with Crippen molar-refractivity contribution in [3.8, 4) is 23.2 Å². The molecule has 0 radical (unpaired) electrons. The van der Waals surface area contributed by atoms with Gasteiger partial charge >= 0.3 is 0 Å². The van der Waals surface area contributed by atoms with Crippen LogP contribution < -0.4 is 15.2 Å². The van der Waals surface area contributed by atoms with Gasteiger partial charge < -0.3 is 19.6 Å². The molecule has 1 atom stereocenters. The van der Waals surface area contributed by atoms with Crippen LogP contribution in [0.1, 0.15) is 5.56 Å². The SMILES string of the molecule is COc1nccc2oc(-c3cnc4ccc(OC(CN)Cc5ccccc5)nn34)cc12. The van der Waals surface area contributed by atoms with Crippen molar-refractivity contribution in [3.63, 3.8) is 0 Å². The number of ether oxygens (including phenoxy) is 2. The van der Waals surface area contributed by atoms with Gasteiger partial charge in [0.25, 0.3) is 0 Å². The van der Waals surface area contributed by atoms with Gasteiger partial charge in [-0.3, -0.25) is 0 Å². The third-order valence-corrected chi connectivity index (χ3v) is 5.05. The highest BCUT2D eigenvalue weighted by Crippen LogP contribution is 2.32. The lowest BCUT2D eigenvalue weighted by Gasteiger charge is -2.16. The summed E-state index contributed by atoms with van der Waals surface area (Å²) in [4.78, 5) is 8.65. The third-order valence-electron chi connectivity index (χ3n) is 5.05. The Hall–Kier alpha value is -3.91. The zero-order chi connectivity index (χ0) is 21.2. The van der Waals surface area contributed by atoms with E-state index in [1.165, 1.54) is 0 Å². The molecule has 156 valence electrons. The summed E-state index contributed by atoms with van der Waals surface area (Å²) in [5, 5.41) is 5.41. The summed E-state index contributed by atoms with van der Waals surface area (Å²) >= 11 is 0. The third kappa shape index (κ3) is 3.69. The summed E-state index contributed by atoms with van der Waals surface area (Å²) in [6, 6.07) is 17.4. The van der Waals surface area contributed by atoms with Gasteiger partial charge in [-0.1, -0.05) is 30.3 Å². The molecule has 0 aliphatic heterocycles. The van der Waals surface area contributed by atoms with Gasteiger partial charge in [-0.05, 0) is 17.7 Å². The molecule has 8 nitrogen and oxygen atoms in total. The average molecular weight is 415 g/mol. The Labute approximate surface area is 178 Å². The van der Waals surface area contributed by atoms with Crippen LogP contribution in [0.3, 0.4) is 0 Å². The lowest BCUT2D eigenvalue weighted by atomic mass is 10.1. The van der Waals surface area contributed by atoms with Crippen LogP contribution in [0.2, 0.25) is 0 Å². The van der Waals surface area contributed by atoms with Crippen molar-refractivity contribution in [2.24, 2.45) is 5.73 Å². The molecule has 5 aromatic rings. The second kappa shape index (κ2) is 8.08. The lowest BCUT2D eigenvalue weighted by molar-refractivity contribution is 0.198. The van der Waals surface area contributed by atoms with Crippen molar-refractivity contribution < 1.29 is 13.9 Å². The number of imidazole rings is 1. The predicted molar refractivity (Wildman–Crippen MR) is 116 cm³/mol. The van der Waals surface area contributed by atoms with Crippen molar-refractivity contribution in [1.29, 1.82) is 0 Å². The predicted octanol–water partition coefficient (Wildman–Crippen LogP) is 3.49. The molecule has 5 rings (SSSR count). The highest BCUT2D eigenvalue weighted by Gasteiger charge is 2.17. The Morgan fingerprint density at radius 3 is 2.77 bits per heavy atom. The molecule has 4 aromatic heterocycles. The number of hydrogen-bond acceptors (Lipinski definition) is 7. The minimum absolute atomic E-state index is 0.194. The first-order valence-corrected chi connectivity index (χ1v) is 9.93. The number of rotatable bonds is 7. The number of fused-ring (bicyclic) bond motifs is 2. The Kier molecular flexibility index (Phi) is 4.97. The van der Waals surface area contributed by atoms with E-state index in [0.717, 1.165) is 10.9 Å². The zero-order valence-corrected chi connectivity index (χ0v) is 16.9. The summed E-state index contributed by atoms with van der Waals surface area (Å²) in [6.45, 7) is 0.377. The van der Waals surface area contributed by atoms with Crippen LogP contribution in [0.4, 0.5) is 0 Å². The molecule has 0 saturated heterocycles. The number of aromatic nitrogens is 4. The Morgan fingerprint density at radius 2 is 1.97 bits per heavy atom. The number of furan rings is 1. The van der Waals surface area contributed by atoms with Gasteiger partial charge in [-0.25, -0.2) is 14.5 Å². The molecule has 0 spiro atoms. The van der Waals surface area contributed by atoms with Crippen molar-refractivity contribution >= 4 is 16.6 Å². The molecular formula is C23H21N5O3. The Balaban J connectivity index is 1.47. The molecule has 0 saturated carbocycles. The van der Waals surface area contributed by atoms with Gasteiger partial charge in [0.05, 0.1) is 18.7 Å². The molecule has 0 fully saturated rings. The summed E-state index contributed by atoms with van der Waals surface area (Å²) in [5.41, 5.74) is 9.16. The fourth-order valence-corrected chi connectivity index (χ4v) is 3.54. The largest absolute Gasteiger partial charge is 0.480 e. The van der Waals surface area contributed by atoms with E-state index < -0.39 is 0 Å². The highest BCUT2D eigenvalue weighted by molar-refractivity contribution is 5.86. The molecule has 1 aromatic carbocycles. The Bertz CT molecular complexity index is 1330. The number of benzene rings is 1. The normalized spacial score (nSPS) is 12.3. The monoisotopic (exact) mass is 415 g/mol. The minimum atomic E-state index is -0.194. The highest BCUT2D eigenvalue weighted by atomic mass is 16.5. The first kappa shape index (κ1) is 19.1. The standard InChI is InChI=1S/C23H21N5O3/c1-29-23-17-12-20(31-19(17)9-10-25-23)18-14-26-21-7-8-22(27-28(18)21)30-16(13-24)11-15-5-3-2-4-6-15/h2-10,12,14,16H,11,13,24H2,1H3. The average Bonchev–Trinajstić information content (AvgIpc) is 3.42. The van der Waals surface area contributed by atoms with Crippen LogP contribution >= 0.6 is 0 Å². The fourth-order valence-electron chi connectivity index (χ4n) is 3.54. The minimum Gasteiger partial charge on any atom is -0.480 e. The van der Waals surface area contributed by atoms with Crippen LogP contribution in [0.25, 0.3) is 28.1 Å². The van der Waals surface area contributed by atoms with E-state index in [-0.39, 0.29) is 6.10 Å². The van der Waals surface area contributed by atoms with E-state index in [1.54, 1.807) is 36.2 Å². The van der Waals surface area contributed by atoms with Gasteiger partial charge in [0, 0.05) is 31.3 Å². The van der Waals surface area contributed by atoms with E-state index in [2.05, 4.69) is 27.2 Å². The molecule has 4 heterocycles. The number of hydrogen-bond donors (Lipinski definition) is 1. The summed E-state index contributed by atoms with van der Waals surface area (Å²) in [7, 11) is 1.58. The summed E-state index contributed by atoms with van der Waals surface area (Å²) in [5.74, 6) is 1.58. The van der Waals surface area contributed by atoms with E-state index in [4.69, 9.17) is 19.6 Å². The van der Waals surface area contributed by atoms with Crippen molar-refractivity contribution in [1.82, 2.24) is 19.6 Å².